The van der Waals surface area contributed by atoms with E-state index in [0.29, 0.717) is 25.7 Å². The van der Waals surface area contributed by atoms with Gasteiger partial charge in [0.05, 0.1) is 32.3 Å². The number of morpholine rings is 1. The number of carboxylic acids is 1. The molecule has 6 heteroatoms. The first kappa shape index (κ1) is 16.9. The number of rotatable bonds is 7. The van der Waals surface area contributed by atoms with E-state index in [-0.39, 0.29) is 25.0 Å². The van der Waals surface area contributed by atoms with Crippen molar-refractivity contribution < 1.29 is 24.2 Å². The van der Waals surface area contributed by atoms with Gasteiger partial charge < -0.3 is 19.5 Å². The molecule has 0 aromatic carbocycles. The van der Waals surface area contributed by atoms with Crippen molar-refractivity contribution >= 4 is 11.9 Å². The van der Waals surface area contributed by atoms with Crippen LogP contribution in [0.15, 0.2) is 0 Å². The zero-order valence-corrected chi connectivity index (χ0v) is 12.5. The van der Waals surface area contributed by atoms with Gasteiger partial charge in [-0.2, -0.15) is 0 Å². The molecule has 0 spiro atoms. The Balaban J connectivity index is 2.35. The molecule has 1 heterocycles. The van der Waals surface area contributed by atoms with Crippen LogP contribution in [0.25, 0.3) is 0 Å². The maximum Gasteiger partial charge on any atom is 0.328 e. The lowest BCUT2D eigenvalue weighted by molar-refractivity contribution is -0.158. The Bertz CT molecular complexity index is 332. The monoisotopic (exact) mass is 287 g/mol. The molecule has 1 fully saturated rings. The molecule has 1 saturated heterocycles. The van der Waals surface area contributed by atoms with Gasteiger partial charge in [-0.3, -0.25) is 4.79 Å². The Kier molecular flexibility index (Phi) is 6.95. The van der Waals surface area contributed by atoms with Gasteiger partial charge in [-0.15, -0.1) is 0 Å². The molecule has 0 aromatic rings. The number of amides is 1. The summed E-state index contributed by atoms with van der Waals surface area (Å²) in [5, 5.41) is 9.07. The van der Waals surface area contributed by atoms with E-state index in [1.54, 1.807) is 0 Å². The number of hydrogen-bond acceptors (Lipinski definition) is 4. The van der Waals surface area contributed by atoms with Gasteiger partial charge >= 0.3 is 5.97 Å². The topological polar surface area (TPSA) is 76.1 Å². The van der Waals surface area contributed by atoms with Crippen LogP contribution in [-0.4, -0.2) is 60.4 Å². The predicted molar refractivity (Wildman–Crippen MR) is 73.4 cm³/mol. The minimum Gasteiger partial charge on any atom is -0.480 e. The fraction of sp³-hybridized carbons (Fsp3) is 0.857. The van der Waals surface area contributed by atoms with Crippen LogP contribution in [0, 0.1) is 5.92 Å². The highest BCUT2D eigenvalue weighted by atomic mass is 16.5. The van der Waals surface area contributed by atoms with Crippen molar-refractivity contribution in [1.82, 2.24) is 4.90 Å². The lowest BCUT2D eigenvalue weighted by atomic mass is 10.1. The molecule has 116 valence electrons. The number of aliphatic carboxylic acids is 1. The molecule has 0 aromatic heterocycles. The Morgan fingerprint density at radius 2 is 2.10 bits per heavy atom. The molecule has 6 nitrogen and oxygen atoms in total. The number of nitrogens with zero attached hydrogens (tertiary/aromatic N) is 1. The van der Waals surface area contributed by atoms with Gasteiger partial charge in [0.2, 0.25) is 5.91 Å². The van der Waals surface area contributed by atoms with Gasteiger partial charge in [0.1, 0.15) is 0 Å². The van der Waals surface area contributed by atoms with E-state index in [4.69, 9.17) is 14.6 Å². The van der Waals surface area contributed by atoms with Crippen LogP contribution in [0.1, 0.15) is 33.6 Å². The standard InChI is InChI=1S/C14H25NO5/c1-10(2)8-11(3)20-6-4-13(16)15-5-7-19-9-12(15)14(17)18/h10-12H,4-9H2,1-3H3,(H,17,18)/t11-,12-/m1/s1. The number of carbonyl (C=O) groups is 2. The first-order valence-corrected chi connectivity index (χ1v) is 7.13. The first-order valence-electron chi connectivity index (χ1n) is 7.13. The fourth-order valence-corrected chi connectivity index (χ4v) is 2.33. The van der Waals surface area contributed by atoms with Gasteiger partial charge in [0, 0.05) is 6.54 Å². The van der Waals surface area contributed by atoms with E-state index in [9.17, 15) is 9.59 Å². The van der Waals surface area contributed by atoms with Gasteiger partial charge in [-0.05, 0) is 19.3 Å². The minimum atomic E-state index is -1.02. The molecule has 1 aliphatic heterocycles. The average molecular weight is 287 g/mol. The molecule has 2 atom stereocenters. The summed E-state index contributed by atoms with van der Waals surface area (Å²) in [5.74, 6) is -0.652. The van der Waals surface area contributed by atoms with E-state index in [0.717, 1.165) is 6.42 Å². The molecule has 20 heavy (non-hydrogen) atoms. The highest BCUT2D eigenvalue weighted by Crippen LogP contribution is 2.11. The molecule has 0 radical (unpaired) electrons. The van der Waals surface area contributed by atoms with Crippen LogP contribution >= 0.6 is 0 Å². The third-order valence-electron chi connectivity index (χ3n) is 3.26. The van der Waals surface area contributed by atoms with Crippen molar-refractivity contribution in [2.24, 2.45) is 5.92 Å². The second-order valence-corrected chi connectivity index (χ2v) is 5.58. The lowest BCUT2D eigenvalue weighted by Crippen LogP contribution is -2.52. The van der Waals surface area contributed by atoms with Crippen LogP contribution in [0.5, 0.6) is 0 Å². The van der Waals surface area contributed by atoms with E-state index in [2.05, 4.69) is 13.8 Å². The minimum absolute atomic E-state index is 0.0612. The summed E-state index contributed by atoms with van der Waals surface area (Å²) in [4.78, 5) is 24.5. The molecule has 1 N–H and O–H groups in total. The molecule has 1 aliphatic rings. The van der Waals surface area contributed by atoms with Crippen LogP contribution in [-0.2, 0) is 19.1 Å². The third-order valence-corrected chi connectivity index (χ3v) is 3.26. The SMILES string of the molecule is CC(C)C[C@@H](C)OCCC(=O)N1CCOC[C@@H]1C(=O)O. The third kappa shape index (κ3) is 5.46. The maximum atomic E-state index is 12.0. The highest BCUT2D eigenvalue weighted by molar-refractivity contribution is 5.84. The number of ether oxygens (including phenoxy) is 2. The normalized spacial score (nSPS) is 21.0. The quantitative estimate of drug-likeness (QED) is 0.760. The van der Waals surface area contributed by atoms with Crippen LogP contribution in [0.4, 0.5) is 0 Å². The largest absolute Gasteiger partial charge is 0.480 e. The second-order valence-electron chi connectivity index (χ2n) is 5.58. The molecular weight excluding hydrogens is 262 g/mol. The Morgan fingerprint density at radius 1 is 1.40 bits per heavy atom. The first-order chi connectivity index (χ1) is 9.41. The Morgan fingerprint density at radius 3 is 2.70 bits per heavy atom. The summed E-state index contributed by atoms with van der Waals surface area (Å²) in [6.45, 7) is 7.34. The summed E-state index contributed by atoms with van der Waals surface area (Å²) < 4.78 is 10.7. The molecule has 0 aliphatic carbocycles. The summed E-state index contributed by atoms with van der Waals surface area (Å²) in [5.41, 5.74) is 0. The smallest absolute Gasteiger partial charge is 0.328 e. The number of carbonyl (C=O) groups excluding carboxylic acids is 1. The zero-order valence-electron chi connectivity index (χ0n) is 12.5. The van der Waals surface area contributed by atoms with E-state index in [1.165, 1.54) is 4.90 Å². The maximum absolute atomic E-state index is 12.0. The van der Waals surface area contributed by atoms with Crippen LogP contribution in [0.3, 0.4) is 0 Å². The van der Waals surface area contributed by atoms with Crippen molar-refractivity contribution in [3.8, 4) is 0 Å². The summed E-state index contributed by atoms with van der Waals surface area (Å²) in [6, 6.07) is -0.871. The zero-order chi connectivity index (χ0) is 15.1. The van der Waals surface area contributed by atoms with Gasteiger partial charge in [0.15, 0.2) is 6.04 Å². The van der Waals surface area contributed by atoms with Crippen LogP contribution < -0.4 is 0 Å². The van der Waals surface area contributed by atoms with Crippen molar-refractivity contribution in [3.63, 3.8) is 0 Å². The second kappa shape index (κ2) is 8.21. The van der Waals surface area contributed by atoms with Crippen LogP contribution in [0.2, 0.25) is 0 Å². The van der Waals surface area contributed by atoms with Crippen molar-refractivity contribution in [2.75, 3.05) is 26.4 Å². The molecule has 0 saturated carbocycles. The summed E-state index contributed by atoms with van der Waals surface area (Å²) >= 11 is 0. The molecular formula is C14H25NO5. The highest BCUT2D eigenvalue weighted by Gasteiger charge is 2.32. The fourth-order valence-electron chi connectivity index (χ4n) is 2.33. The van der Waals surface area contributed by atoms with Gasteiger partial charge in [-0.1, -0.05) is 13.8 Å². The molecule has 0 bridgehead atoms. The number of carboxylic acid groups (broad SMARTS) is 1. The average Bonchev–Trinajstić information content (AvgIpc) is 2.37. The predicted octanol–water partition coefficient (Wildman–Crippen LogP) is 1.14. The van der Waals surface area contributed by atoms with Gasteiger partial charge in [0.25, 0.3) is 0 Å². The van der Waals surface area contributed by atoms with Crippen molar-refractivity contribution in [1.29, 1.82) is 0 Å². The van der Waals surface area contributed by atoms with Crippen molar-refractivity contribution in [3.05, 3.63) is 0 Å². The van der Waals surface area contributed by atoms with Gasteiger partial charge in [-0.25, -0.2) is 4.79 Å². The molecule has 0 unspecified atom stereocenters. The van der Waals surface area contributed by atoms with E-state index >= 15 is 0 Å². The molecule has 1 amide bonds. The Labute approximate surface area is 120 Å². The summed E-state index contributed by atoms with van der Waals surface area (Å²) in [6.07, 6.45) is 1.28. The van der Waals surface area contributed by atoms with E-state index in [1.807, 2.05) is 6.92 Å². The number of hydrogen-bond donors (Lipinski definition) is 1. The van der Waals surface area contributed by atoms with E-state index < -0.39 is 12.0 Å². The van der Waals surface area contributed by atoms with Crippen molar-refractivity contribution in [2.45, 2.75) is 45.8 Å². The Hall–Kier alpha value is -1.14. The summed E-state index contributed by atoms with van der Waals surface area (Å²) in [7, 11) is 0. The molecule has 1 rings (SSSR count). The lowest BCUT2D eigenvalue weighted by Gasteiger charge is -2.33.